The summed E-state index contributed by atoms with van der Waals surface area (Å²) < 4.78 is 13.8. The van der Waals surface area contributed by atoms with Gasteiger partial charge in [0.2, 0.25) is 0 Å². The zero-order valence-electron chi connectivity index (χ0n) is 14.6. The summed E-state index contributed by atoms with van der Waals surface area (Å²) in [6, 6.07) is 11.4. The highest BCUT2D eigenvalue weighted by atomic mass is 19.1. The van der Waals surface area contributed by atoms with Crippen molar-refractivity contribution in [3.05, 3.63) is 65.4 Å². The van der Waals surface area contributed by atoms with Gasteiger partial charge in [0.15, 0.2) is 0 Å². The quantitative estimate of drug-likeness (QED) is 0.730. The fraction of sp³-hybridized carbons (Fsp3) is 0.381. The normalized spacial score (nSPS) is 30.3. The van der Waals surface area contributed by atoms with Crippen molar-refractivity contribution in [2.75, 3.05) is 19.6 Å². The number of aromatic nitrogens is 2. The Morgan fingerprint density at radius 3 is 2.81 bits per heavy atom. The lowest BCUT2D eigenvalue weighted by atomic mass is 9.74. The molecular weight excluding hydrogens is 327 g/mol. The van der Waals surface area contributed by atoms with Crippen LogP contribution in [0.1, 0.15) is 36.0 Å². The second-order valence-corrected chi connectivity index (χ2v) is 7.81. The lowest BCUT2D eigenvalue weighted by Gasteiger charge is -2.61. The Bertz CT molecular complexity index is 988. The minimum absolute atomic E-state index is 0.0278. The van der Waals surface area contributed by atoms with Crippen LogP contribution in [0.2, 0.25) is 0 Å². The molecule has 4 nitrogen and oxygen atoms in total. The van der Waals surface area contributed by atoms with Gasteiger partial charge in [-0.25, -0.2) is 4.39 Å². The second-order valence-electron chi connectivity index (χ2n) is 7.81. The molecule has 0 amide bonds. The summed E-state index contributed by atoms with van der Waals surface area (Å²) in [5.74, 6) is -0.149. The summed E-state index contributed by atoms with van der Waals surface area (Å²) in [7, 11) is 0. The standard InChI is InChI=1S/C21H21FN4/c22-14-4-5-17-16(13-14)15-6-10-26-20(18-3-1-2-9-23-18)25-11-7-21(26,8-12-25)19(15)24-17/h1-5,9,13,20,24H,6-8,10-12H2/t20-/m0/s1. The molecule has 3 saturated heterocycles. The number of pyridine rings is 1. The summed E-state index contributed by atoms with van der Waals surface area (Å²) in [5, 5.41) is 1.07. The fourth-order valence-electron chi connectivity index (χ4n) is 5.57. The molecule has 0 unspecified atom stereocenters. The van der Waals surface area contributed by atoms with Crippen LogP contribution in [0.4, 0.5) is 4.39 Å². The minimum Gasteiger partial charge on any atom is -0.357 e. The Morgan fingerprint density at radius 1 is 1.12 bits per heavy atom. The number of aromatic amines is 1. The van der Waals surface area contributed by atoms with Crippen molar-refractivity contribution in [2.24, 2.45) is 0 Å². The molecule has 1 atom stereocenters. The molecule has 3 fully saturated rings. The largest absolute Gasteiger partial charge is 0.357 e. The first-order valence-electron chi connectivity index (χ1n) is 9.49. The van der Waals surface area contributed by atoms with Crippen molar-refractivity contribution in [1.82, 2.24) is 19.8 Å². The maximum atomic E-state index is 13.8. The van der Waals surface area contributed by atoms with Crippen LogP contribution in [0, 0.1) is 5.82 Å². The first kappa shape index (κ1) is 14.9. The molecule has 26 heavy (non-hydrogen) atoms. The molecule has 2 aromatic heterocycles. The van der Waals surface area contributed by atoms with Gasteiger partial charge in [0, 0.05) is 42.4 Å². The van der Waals surface area contributed by atoms with Gasteiger partial charge in [-0.3, -0.25) is 14.8 Å². The third-order valence-electron chi connectivity index (χ3n) is 6.70. The number of hydrogen-bond donors (Lipinski definition) is 1. The zero-order chi connectivity index (χ0) is 17.3. The predicted molar refractivity (Wildman–Crippen MR) is 98.1 cm³/mol. The molecule has 5 heteroatoms. The summed E-state index contributed by atoms with van der Waals surface area (Å²) >= 11 is 0. The third-order valence-corrected chi connectivity index (χ3v) is 6.70. The highest BCUT2D eigenvalue weighted by Gasteiger charge is 2.55. The Balaban J connectivity index is 1.54. The van der Waals surface area contributed by atoms with E-state index in [4.69, 9.17) is 0 Å². The average molecular weight is 348 g/mol. The van der Waals surface area contributed by atoms with Gasteiger partial charge in [-0.05, 0) is 55.2 Å². The summed E-state index contributed by atoms with van der Waals surface area (Å²) in [4.78, 5) is 13.6. The smallest absolute Gasteiger partial charge is 0.123 e. The number of rotatable bonds is 1. The number of nitrogens with one attached hydrogen (secondary N) is 1. The number of halogens is 1. The van der Waals surface area contributed by atoms with Crippen LogP contribution in [0.5, 0.6) is 0 Å². The zero-order valence-corrected chi connectivity index (χ0v) is 14.6. The molecule has 4 aliphatic rings. The van der Waals surface area contributed by atoms with Gasteiger partial charge < -0.3 is 4.98 Å². The lowest BCUT2D eigenvalue weighted by molar-refractivity contribution is -0.150. The molecule has 2 bridgehead atoms. The first-order chi connectivity index (χ1) is 12.8. The Kier molecular flexibility index (Phi) is 2.95. The molecule has 1 spiro atoms. The van der Waals surface area contributed by atoms with Gasteiger partial charge in [0.25, 0.3) is 0 Å². The van der Waals surface area contributed by atoms with Crippen LogP contribution in [-0.4, -0.2) is 39.4 Å². The molecule has 0 saturated carbocycles. The first-order valence-corrected chi connectivity index (χ1v) is 9.49. The van der Waals surface area contributed by atoms with Crippen LogP contribution >= 0.6 is 0 Å². The van der Waals surface area contributed by atoms with Gasteiger partial charge in [0.05, 0.1) is 11.2 Å². The fourth-order valence-corrected chi connectivity index (χ4v) is 5.57. The van der Waals surface area contributed by atoms with Gasteiger partial charge in [-0.1, -0.05) is 6.07 Å². The van der Waals surface area contributed by atoms with Crippen molar-refractivity contribution >= 4 is 10.9 Å². The van der Waals surface area contributed by atoms with E-state index in [1.165, 1.54) is 11.3 Å². The molecular formula is C21H21FN4. The molecule has 3 aromatic rings. The Hall–Kier alpha value is -2.24. The second kappa shape index (κ2) is 5.15. The Morgan fingerprint density at radius 2 is 2.00 bits per heavy atom. The van der Waals surface area contributed by atoms with Gasteiger partial charge in [-0.2, -0.15) is 0 Å². The van der Waals surface area contributed by atoms with Crippen molar-refractivity contribution in [1.29, 1.82) is 0 Å². The molecule has 6 heterocycles. The van der Waals surface area contributed by atoms with E-state index in [0.717, 1.165) is 55.5 Å². The summed E-state index contributed by atoms with van der Waals surface area (Å²) in [6.45, 7) is 3.16. The van der Waals surface area contributed by atoms with Crippen molar-refractivity contribution in [3.8, 4) is 0 Å². The average Bonchev–Trinajstić information content (AvgIpc) is 3.07. The van der Waals surface area contributed by atoms with E-state index in [1.54, 1.807) is 12.1 Å². The third kappa shape index (κ3) is 1.82. The minimum atomic E-state index is -0.149. The number of benzene rings is 1. The summed E-state index contributed by atoms with van der Waals surface area (Å²) in [5.41, 5.74) is 4.88. The highest BCUT2D eigenvalue weighted by molar-refractivity contribution is 5.85. The van der Waals surface area contributed by atoms with Crippen molar-refractivity contribution < 1.29 is 4.39 Å². The van der Waals surface area contributed by atoms with E-state index >= 15 is 0 Å². The van der Waals surface area contributed by atoms with E-state index in [9.17, 15) is 4.39 Å². The van der Waals surface area contributed by atoms with E-state index in [1.807, 2.05) is 18.3 Å². The number of nitrogens with zero attached hydrogens (tertiary/aromatic N) is 3. The van der Waals surface area contributed by atoms with E-state index in [0.29, 0.717) is 0 Å². The molecule has 1 N–H and O–H groups in total. The maximum absolute atomic E-state index is 13.8. The van der Waals surface area contributed by atoms with Gasteiger partial charge >= 0.3 is 0 Å². The highest BCUT2D eigenvalue weighted by Crippen LogP contribution is 2.53. The molecule has 1 aromatic carbocycles. The molecule has 132 valence electrons. The molecule has 0 aliphatic carbocycles. The number of H-pyrrole nitrogens is 1. The molecule has 4 aliphatic heterocycles. The molecule has 0 radical (unpaired) electrons. The van der Waals surface area contributed by atoms with Crippen LogP contribution < -0.4 is 0 Å². The topological polar surface area (TPSA) is 35.2 Å². The van der Waals surface area contributed by atoms with Gasteiger partial charge in [0.1, 0.15) is 12.0 Å². The number of hydrogen-bond acceptors (Lipinski definition) is 3. The lowest BCUT2D eigenvalue weighted by Crippen LogP contribution is -2.66. The van der Waals surface area contributed by atoms with Gasteiger partial charge in [-0.15, -0.1) is 0 Å². The Labute approximate surface area is 151 Å². The number of fused-ring (bicyclic) bond motifs is 5. The van der Waals surface area contributed by atoms with Crippen molar-refractivity contribution in [3.63, 3.8) is 0 Å². The summed E-state index contributed by atoms with van der Waals surface area (Å²) in [6.07, 6.45) is 5.34. The van der Waals surface area contributed by atoms with Crippen molar-refractivity contribution in [2.45, 2.75) is 31.0 Å². The monoisotopic (exact) mass is 348 g/mol. The number of piperidine rings is 1. The van der Waals surface area contributed by atoms with Crippen LogP contribution in [0.25, 0.3) is 10.9 Å². The maximum Gasteiger partial charge on any atom is 0.123 e. The van der Waals surface area contributed by atoms with E-state index < -0.39 is 0 Å². The van der Waals surface area contributed by atoms with Crippen LogP contribution in [0.15, 0.2) is 42.6 Å². The van der Waals surface area contributed by atoms with Crippen LogP contribution in [0.3, 0.4) is 0 Å². The van der Waals surface area contributed by atoms with E-state index in [2.05, 4.69) is 31.9 Å². The predicted octanol–water partition coefficient (Wildman–Crippen LogP) is 3.56. The van der Waals surface area contributed by atoms with E-state index in [-0.39, 0.29) is 17.5 Å². The van der Waals surface area contributed by atoms with Crippen LogP contribution in [-0.2, 0) is 12.0 Å². The SMILES string of the molecule is Fc1ccc2[nH]c3c(c2c1)CCN1[C@@H](c2ccccn2)N2CCC31CC2. The molecule has 7 rings (SSSR count).